The third kappa shape index (κ3) is 2.57. The molecule has 2 N–H and O–H groups in total. The largest absolute Gasteiger partial charge is 0.378 e. The number of nitro groups is 1. The second kappa shape index (κ2) is 5.28. The zero-order chi connectivity index (χ0) is 13.1. The number of rotatable bonds is 5. The van der Waals surface area contributed by atoms with Crippen molar-refractivity contribution in [1.29, 1.82) is 0 Å². The fourth-order valence-corrected chi connectivity index (χ4v) is 2.54. The van der Waals surface area contributed by atoms with Crippen molar-refractivity contribution < 1.29 is 4.92 Å². The predicted octanol–water partition coefficient (Wildman–Crippen LogP) is 2.14. The summed E-state index contributed by atoms with van der Waals surface area (Å²) in [7, 11) is 1.84. The summed E-state index contributed by atoms with van der Waals surface area (Å²) in [5.41, 5.74) is 1.42. The van der Waals surface area contributed by atoms with Crippen LogP contribution in [0.2, 0.25) is 0 Å². The van der Waals surface area contributed by atoms with Crippen molar-refractivity contribution in [3.8, 4) is 0 Å². The first kappa shape index (κ1) is 12.7. The molecule has 2 aromatic rings. The molecular formula is C11H14N4O2S. The summed E-state index contributed by atoms with van der Waals surface area (Å²) >= 11 is 1.47. The number of aryl methyl sites for hydroxylation is 1. The summed E-state index contributed by atoms with van der Waals surface area (Å²) in [5.74, 6) is 0. The number of aromatic nitrogens is 1. The van der Waals surface area contributed by atoms with Crippen LogP contribution in [0.1, 0.15) is 5.01 Å². The van der Waals surface area contributed by atoms with Crippen LogP contribution in [0.5, 0.6) is 0 Å². The maximum atomic E-state index is 11.0. The standard InChI is InChI=1S/C11H14N4O2S/c1-7-14-9-5-8(13-4-3-12-2)10(15(16)17)6-11(9)18-7/h5-6,12-13H,3-4H2,1-2H3. The fourth-order valence-electron chi connectivity index (χ4n) is 1.69. The van der Waals surface area contributed by atoms with Gasteiger partial charge in [-0.05, 0) is 20.0 Å². The van der Waals surface area contributed by atoms with Crippen LogP contribution in [0.15, 0.2) is 12.1 Å². The molecule has 0 aliphatic rings. The van der Waals surface area contributed by atoms with Crippen molar-refractivity contribution >= 4 is 32.9 Å². The highest BCUT2D eigenvalue weighted by atomic mass is 32.1. The van der Waals surface area contributed by atoms with Gasteiger partial charge in [-0.25, -0.2) is 4.98 Å². The smallest absolute Gasteiger partial charge is 0.293 e. The van der Waals surface area contributed by atoms with Crippen LogP contribution < -0.4 is 10.6 Å². The quantitative estimate of drug-likeness (QED) is 0.492. The van der Waals surface area contributed by atoms with Crippen molar-refractivity contribution in [2.75, 3.05) is 25.5 Å². The zero-order valence-electron chi connectivity index (χ0n) is 10.2. The van der Waals surface area contributed by atoms with Gasteiger partial charge >= 0.3 is 0 Å². The van der Waals surface area contributed by atoms with E-state index in [9.17, 15) is 10.1 Å². The first-order valence-electron chi connectivity index (χ1n) is 5.56. The molecule has 0 aliphatic carbocycles. The van der Waals surface area contributed by atoms with Gasteiger partial charge in [0.25, 0.3) is 5.69 Å². The van der Waals surface area contributed by atoms with E-state index < -0.39 is 0 Å². The lowest BCUT2D eigenvalue weighted by Gasteiger charge is -2.06. The van der Waals surface area contributed by atoms with Crippen molar-refractivity contribution in [2.24, 2.45) is 0 Å². The van der Waals surface area contributed by atoms with Crippen molar-refractivity contribution in [2.45, 2.75) is 6.92 Å². The number of benzene rings is 1. The molecule has 0 amide bonds. The minimum atomic E-state index is -0.365. The lowest BCUT2D eigenvalue weighted by atomic mass is 10.2. The van der Waals surface area contributed by atoms with Crippen molar-refractivity contribution in [3.63, 3.8) is 0 Å². The van der Waals surface area contributed by atoms with Crippen LogP contribution in [0.4, 0.5) is 11.4 Å². The molecule has 96 valence electrons. The van der Waals surface area contributed by atoms with E-state index in [1.54, 1.807) is 12.1 Å². The number of nitrogens with one attached hydrogen (secondary N) is 2. The number of hydrogen-bond donors (Lipinski definition) is 2. The molecule has 0 bridgehead atoms. The first-order chi connectivity index (χ1) is 8.61. The summed E-state index contributed by atoms with van der Waals surface area (Å²) in [5, 5.41) is 18.0. The summed E-state index contributed by atoms with van der Waals surface area (Å²) in [6, 6.07) is 3.33. The minimum absolute atomic E-state index is 0.0993. The van der Waals surface area contributed by atoms with Crippen LogP contribution in [0.3, 0.4) is 0 Å². The SMILES string of the molecule is CNCCNc1cc2nc(C)sc2cc1[N+](=O)[O-]. The monoisotopic (exact) mass is 266 g/mol. The lowest BCUT2D eigenvalue weighted by molar-refractivity contribution is -0.383. The predicted molar refractivity (Wildman–Crippen MR) is 73.4 cm³/mol. The minimum Gasteiger partial charge on any atom is -0.378 e. The first-order valence-corrected chi connectivity index (χ1v) is 6.37. The van der Waals surface area contributed by atoms with Gasteiger partial charge in [0, 0.05) is 19.2 Å². The highest BCUT2D eigenvalue weighted by Crippen LogP contribution is 2.32. The molecule has 0 unspecified atom stereocenters. The molecule has 1 aromatic carbocycles. The number of anilines is 1. The second-order valence-electron chi connectivity index (χ2n) is 3.86. The van der Waals surface area contributed by atoms with Gasteiger partial charge in [-0.2, -0.15) is 0 Å². The van der Waals surface area contributed by atoms with Gasteiger partial charge in [0.1, 0.15) is 5.69 Å². The van der Waals surface area contributed by atoms with Gasteiger partial charge in [-0.1, -0.05) is 0 Å². The topological polar surface area (TPSA) is 80.1 Å². The van der Waals surface area contributed by atoms with Crippen LogP contribution in [-0.2, 0) is 0 Å². The van der Waals surface area contributed by atoms with E-state index in [2.05, 4.69) is 15.6 Å². The Kier molecular flexibility index (Phi) is 3.73. The van der Waals surface area contributed by atoms with E-state index in [0.29, 0.717) is 12.2 Å². The van der Waals surface area contributed by atoms with Gasteiger partial charge in [-0.3, -0.25) is 10.1 Å². The maximum absolute atomic E-state index is 11.0. The van der Waals surface area contributed by atoms with Crippen LogP contribution >= 0.6 is 11.3 Å². The molecule has 1 heterocycles. The van der Waals surface area contributed by atoms with E-state index in [1.807, 2.05) is 14.0 Å². The average molecular weight is 266 g/mol. The van der Waals surface area contributed by atoms with E-state index in [1.165, 1.54) is 11.3 Å². The Morgan fingerprint density at radius 2 is 2.22 bits per heavy atom. The normalized spacial score (nSPS) is 10.8. The Hall–Kier alpha value is -1.73. The molecule has 0 radical (unpaired) electrons. The van der Waals surface area contributed by atoms with E-state index in [0.717, 1.165) is 21.8 Å². The molecule has 2 rings (SSSR count). The average Bonchev–Trinajstić information content (AvgIpc) is 2.67. The molecule has 0 fully saturated rings. The molecule has 1 aromatic heterocycles. The van der Waals surface area contributed by atoms with E-state index >= 15 is 0 Å². The number of thiazole rings is 1. The Bertz CT molecular complexity index is 582. The number of fused-ring (bicyclic) bond motifs is 1. The van der Waals surface area contributed by atoms with Crippen molar-refractivity contribution in [3.05, 3.63) is 27.3 Å². The van der Waals surface area contributed by atoms with E-state index in [4.69, 9.17) is 0 Å². The molecule has 0 spiro atoms. The Morgan fingerprint density at radius 3 is 2.89 bits per heavy atom. The van der Waals surface area contributed by atoms with Gasteiger partial charge in [-0.15, -0.1) is 11.3 Å². The molecule has 0 aliphatic heterocycles. The number of nitro benzene ring substituents is 1. The molecule has 6 nitrogen and oxygen atoms in total. The maximum Gasteiger partial charge on any atom is 0.293 e. The van der Waals surface area contributed by atoms with Gasteiger partial charge < -0.3 is 10.6 Å². The number of hydrogen-bond acceptors (Lipinski definition) is 6. The Labute approximate surface area is 108 Å². The third-order valence-electron chi connectivity index (χ3n) is 2.50. The molecule has 18 heavy (non-hydrogen) atoms. The van der Waals surface area contributed by atoms with Gasteiger partial charge in [0.2, 0.25) is 0 Å². The molecule has 0 saturated heterocycles. The lowest BCUT2D eigenvalue weighted by Crippen LogP contribution is -2.18. The fraction of sp³-hybridized carbons (Fsp3) is 0.364. The highest BCUT2D eigenvalue weighted by molar-refractivity contribution is 7.18. The Balaban J connectivity index is 2.40. The summed E-state index contributed by atoms with van der Waals surface area (Å²) in [4.78, 5) is 15.0. The van der Waals surface area contributed by atoms with Crippen LogP contribution in [0, 0.1) is 17.0 Å². The number of nitrogens with zero attached hydrogens (tertiary/aromatic N) is 2. The third-order valence-corrected chi connectivity index (χ3v) is 3.43. The second-order valence-corrected chi connectivity index (χ2v) is 5.09. The van der Waals surface area contributed by atoms with Crippen LogP contribution in [0.25, 0.3) is 10.2 Å². The Morgan fingerprint density at radius 1 is 1.44 bits per heavy atom. The molecule has 7 heteroatoms. The highest BCUT2D eigenvalue weighted by Gasteiger charge is 2.16. The van der Waals surface area contributed by atoms with Gasteiger partial charge in [0.05, 0.1) is 20.1 Å². The zero-order valence-corrected chi connectivity index (χ0v) is 11.0. The van der Waals surface area contributed by atoms with Gasteiger partial charge in [0.15, 0.2) is 0 Å². The summed E-state index contributed by atoms with van der Waals surface area (Å²) in [6.45, 7) is 3.27. The molecule has 0 saturated carbocycles. The molecular weight excluding hydrogens is 252 g/mol. The summed E-state index contributed by atoms with van der Waals surface area (Å²) in [6.07, 6.45) is 0. The molecule has 0 atom stereocenters. The van der Waals surface area contributed by atoms with Crippen molar-refractivity contribution in [1.82, 2.24) is 10.3 Å². The summed E-state index contributed by atoms with van der Waals surface area (Å²) < 4.78 is 0.846. The van der Waals surface area contributed by atoms with Crippen LogP contribution in [-0.4, -0.2) is 30.0 Å². The number of likely N-dealkylation sites (N-methyl/N-ethyl adjacent to an activating group) is 1. The van der Waals surface area contributed by atoms with E-state index in [-0.39, 0.29) is 10.6 Å².